The summed E-state index contributed by atoms with van der Waals surface area (Å²) in [6.07, 6.45) is 0.0787. The number of hydrogen-bond donors (Lipinski definition) is 0. The summed E-state index contributed by atoms with van der Waals surface area (Å²) in [7, 11) is 0. The van der Waals surface area contributed by atoms with E-state index >= 15 is 0 Å². The summed E-state index contributed by atoms with van der Waals surface area (Å²) >= 11 is 0. The van der Waals surface area contributed by atoms with Gasteiger partial charge in [-0.1, -0.05) is 5.18 Å². The minimum absolute atomic E-state index is 0.0317. The number of amides is 1. The van der Waals surface area contributed by atoms with Crippen LogP contribution in [0.1, 0.15) is 20.3 Å². The summed E-state index contributed by atoms with van der Waals surface area (Å²) in [5, 5.41) is 5.49. The minimum atomic E-state index is -0.170. The number of nitroso groups, excluding NO2 is 2. The van der Waals surface area contributed by atoms with Crippen molar-refractivity contribution < 1.29 is 4.79 Å². The van der Waals surface area contributed by atoms with Gasteiger partial charge in [-0.25, -0.2) is 0 Å². The molecule has 0 saturated carbocycles. The first-order chi connectivity index (χ1) is 8.60. The summed E-state index contributed by atoms with van der Waals surface area (Å²) in [5.74, 6) is -0.170. The van der Waals surface area contributed by atoms with Crippen molar-refractivity contribution in [1.29, 1.82) is 0 Å². The maximum Gasteiger partial charge on any atom is 0.229 e. The van der Waals surface area contributed by atoms with E-state index in [9.17, 15) is 14.6 Å². The molecule has 0 saturated heterocycles. The SMILES string of the molecule is CC(C)N(C(=O)CCN=O)c1ccc(N=O)cc1. The van der Waals surface area contributed by atoms with E-state index in [0.717, 1.165) is 0 Å². The molecular weight excluding hydrogens is 234 g/mol. The van der Waals surface area contributed by atoms with E-state index in [-0.39, 0.29) is 24.9 Å². The Bertz CT molecular complexity index is 429. The minimum Gasteiger partial charge on any atom is -0.310 e. The molecule has 6 nitrogen and oxygen atoms in total. The van der Waals surface area contributed by atoms with Crippen molar-refractivity contribution in [2.24, 2.45) is 10.4 Å². The molecule has 0 N–H and O–H groups in total. The number of anilines is 1. The van der Waals surface area contributed by atoms with Crippen LogP contribution in [0.2, 0.25) is 0 Å². The van der Waals surface area contributed by atoms with Crippen molar-refractivity contribution >= 4 is 17.3 Å². The Morgan fingerprint density at radius 2 is 1.83 bits per heavy atom. The highest BCUT2D eigenvalue weighted by molar-refractivity contribution is 5.94. The van der Waals surface area contributed by atoms with Crippen LogP contribution >= 0.6 is 0 Å². The quantitative estimate of drug-likeness (QED) is 0.727. The number of carbonyl (C=O) groups excluding carboxylic acids is 1. The molecule has 96 valence electrons. The molecule has 0 atom stereocenters. The topological polar surface area (TPSA) is 79.2 Å². The highest BCUT2D eigenvalue weighted by atomic mass is 16.3. The lowest BCUT2D eigenvalue weighted by Crippen LogP contribution is -2.37. The van der Waals surface area contributed by atoms with Crippen LogP contribution in [0.4, 0.5) is 11.4 Å². The lowest BCUT2D eigenvalue weighted by Gasteiger charge is -2.26. The van der Waals surface area contributed by atoms with Gasteiger partial charge in [0.05, 0.1) is 13.0 Å². The standard InChI is InChI=1S/C12H15N3O3/c1-9(2)15(12(16)7-8-13-17)11-5-3-10(14-18)4-6-11/h3-6,9H,7-8H2,1-2H3. The molecule has 0 spiro atoms. The first-order valence-electron chi connectivity index (χ1n) is 5.64. The maximum absolute atomic E-state index is 11.9. The molecule has 0 aliphatic rings. The molecule has 1 amide bonds. The molecular formula is C12H15N3O3. The average molecular weight is 249 g/mol. The van der Waals surface area contributed by atoms with Crippen LogP contribution in [0.15, 0.2) is 34.6 Å². The second-order valence-electron chi connectivity index (χ2n) is 4.07. The maximum atomic E-state index is 11.9. The van der Waals surface area contributed by atoms with Crippen molar-refractivity contribution in [3.63, 3.8) is 0 Å². The Labute approximate surface area is 105 Å². The molecule has 0 aliphatic carbocycles. The summed E-state index contributed by atoms with van der Waals surface area (Å²) < 4.78 is 0. The molecule has 1 rings (SSSR count). The third-order valence-corrected chi connectivity index (χ3v) is 2.44. The number of rotatable bonds is 6. The molecule has 0 bridgehead atoms. The van der Waals surface area contributed by atoms with Crippen LogP contribution in [0, 0.1) is 9.81 Å². The number of carbonyl (C=O) groups is 1. The van der Waals surface area contributed by atoms with Gasteiger partial charge >= 0.3 is 0 Å². The molecule has 0 unspecified atom stereocenters. The fourth-order valence-corrected chi connectivity index (χ4v) is 1.67. The zero-order valence-corrected chi connectivity index (χ0v) is 10.4. The van der Waals surface area contributed by atoms with Crippen LogP contribution in [0.5, 0.6) is 0 Å². The first-order valence-corrected chi connectivity index (χ1v) is 5.64. The second-order valence-corrected chi connectivity index (χ2v) is 4.07. The van der Waals surface area contributed by atoms with E-state index in [0.29, 0.717) is 11.4 Å². The van der Waals surface area contributed by atoms with E-state index < -0.39 is 0 Å². The van der Waals surface area contributed by atoms with Crippen LogP contribution in [0.25, 0.3) is 0 Å². The van der Waals surface area contributed by atoms with Gasteiger partial charge in [0.1, 0.15) is 5.69 Å². The Morgan fingerprint density at radius 1 is 1.22 bits per heavy atom. The van der Waals surface area contributed by atoms with Crippen molar-refractivity contribution in [3.05, 3.63) is 34.1 Å². The largest absolute Gasteiger partial charge is 0.310 e. The van der Waals surface area contributed by atoms with Gasteiger partial charge in [-0.3, -0.25) is 4.79 Å². The Morgan fingerprint density at radius 3 is 2.28 bits per heavy atom. The molecule has 6 heteroatoms. The van der Waals surface area contributed by atoms with Crippen LogP contribution in [0.3, 0.4) is 0 Å². The lowest BCUT2D eigenvalue weighted by atomic mass is 10.2. The van der Waals surface area contributed by atoms with Crippen molar-refractivity contribution in [2.45, 2.75) is 26.3 Å². The van der Waals surface area contributed by atoms with Gasteiger partial charge in [0.25, 0.3) is 0 Å². The van der Waals surface area contributed by atoms with Gasteiger partial charge in [0.2, 0.25) is 5.91 Å². The summed E-state index contributed by atoms with van der Waals surface area (Å²) in [6.45, 7) is 3.71. The van der Waals surface area contributed by atoms with E-state index in [1.165, 1.54) is 0 Å². The predicted molar refractivity (Wildman–Crippen MR) is 69.8 cm³/mol. The molecule has 1 aromatic rings. The van der Waals surface area contributed by atoms with E-state index in [4.69, 9.17) is 0 Å². The summed E-state index contributed by atoms with van der Waals surface area (Å²) in [6, 6.07) is 6.36. The zero-order valence-electron chi connectivity index (χ0n) is 10.4. The summed E-state index contributed by atoms with van der Waals surface area (Å²) in [4.78, 5) is 33.9. The van der Waals surface area contributed by atoms with Gasteiger partial charge in [-0.15, -0.1) is 4.91 Å². The van der Waals surface area contributed by atoms with Gasteiger partial charge in [-0.2, -0.15) is 4.91 Å². The van der Waals surface area contributed by atoms with Gasteiger partial charge in [0.15, 0.2) is 0 Å². The van der Waals surface area contributed by atoms with Gasteiger partial charge in [-0.05, 0) is 43.3 Å². The predicted octanol–water partition coefficient (Wildman–Crippen LogP) is 2.98. The third kappa shape index (κ3) is 3.44. The fraction of sp³-hybridized carbons (Fsp3) is 0.417. The molecule has 1 aromatic carbocycles. The first kappa shape index (κ1) is 14.0. The monoisotopic (exact) mass is 249 g/mol. The molecule has 0 aromatic heterocycles. The molecule has 18 heavy (non-hydrogen) atoms. The van der Waals surface area contributed by atoms with E-state index in [2.05, 4.69) is 10.4 Å². The average Bonchev–Trinajstić information content (AvgIpc) is 2.37. The van der Waals surface area contributed by atoms with E-state index in [1.807, 2.05) is 13.8 Å². The normalized spacial score (nSPS) is 10.2. The van der Waals surface area contributed by atoms with Crippen molar-refractivity contribution in [3.8, 4) is 0 Å². The third-order valence-electron chi connectivity index (χ3n) is 2.44. The van der Waals surface area contributed by atoms with Crippen LogP contribution in [-0.2, 0) is 4.79 Å². The van der Waals surface area contributed by atoms with Crippen molar-refractivity contribution in [1.82, 2.24) is 0 Å². The van der Waals surface area contributed by atoms with Crippen LogP contribution in [-0.4, -0.2) is 18.5 Å². The Balaban J connectivity index is 2.92. The van der Waals surface area contributed by atoms with Gasteiger partial charge in [0, 0.05) is 11.7 Å². The second kappa shape index (κ2) is 6.58. The number of hydrogen-bond acceptors (Lipinski definition) is 5. The number of benzene rings is 1. The van der Waals surface area contributed by atoms with Gasteiger partial charge < -0.3 is 4.90 Å². The Kier molecular flexibility index (Phi) is 5.10. The lowest BCUT2D eigenvalue weighted by molar-refractivity contribution is -0.118. The number of nitrogens with zero attached hydrogens (tertiary/aromatic N) is 3. The highest BCUT2D eigenvalue weighted by Crippen LogP contribution is 2.22. The van der Waals surface area contributed by atoms with E-state index in [1.54, 1.807) is 29.2 Å². The van der Waals surface area contributed by atoms with Crippen molar-refractivity contribution in [2.75, 3.05) is 11.4 Å². The molecule has 0 radical (unpaired) electrons. The molecule has 0 fully saturated rings. The Hall–Kier alpha value is -2.11. The highest BCUT2D eigenvalue weighted by Gasteiger charge is 2.18. The van der Waals surface area contributed by atoms with Crippen LogP contribution < -0.4 is 4.90 Å². The fourth-order valence-electron chi connectivity index (χ4n) is 1.67. The smallest absolute Gasteiger partial charge is 0.229 e. The molecule has 0 heterocycles. The summed E-state index contributed by atoms with van der Waals surface area (Å²) in [5.41, 5.74) is 0.984. The zero-order chi connectivity index (χ0) is 13.5. The molecule has 0 aliphatic heterocycles.